The van der Waals surface area contributed by atoms with Gasteiger partial charge in [-0.15, -0.1) is 10.2 Å². The van der Waals surface area contributed by atoms with Crippen LogP contribution in [-0.4, -0.2) is 27.5 Å². The molecule has 0 aliphatic carbocycles. The van der Waals surface area contributed by atoms with Crippen LogP contribution < -0.4 is 0 Å². The van der Waals surface area contributed by atoms with E-state index in [1.54, 1.807) is 35.2 Å². The number of carbonyl (C=O) groups excluding carboxylic acids is 1. The van der Waals surface area contributed by atoms with E-state index in [0.717, 1.165) is 12.0 Å². The Kier molecular flexibility index (Phi) is 5.86. The summed E-state index contributed by atoms with van der Waals surface area (Å²) in [6, 6.07) is 10.7. The topological polar surface area (TPSA) is 72.4 Å². The van der Waals surface area contributed by atoms with Gasteiger partial charge in [0.05, 0.1) is 12.8 Å². The fourth-order valence-corrected chi connectivity index (χ4v) is 2.49. The zero-order chi connectivity index (χ0) is 18.4. The highest BCUT2D eigenvalue weighted by atomic mass is 35.5. The molecule has 0 saturated heterocycles. The highest BCUT2D eigenvalue weighted by molar-refractivity contribution is 6.30. The van der Waals surface area contributed by atoms with E-state index in [4.69, 9.17) is 20.4 Å². The van der Waals surface area contributed by atoms with Gasteiger partial charge in [0.25, 0.3) is 5.89 Å². The molecule has 1 amide bonds. The van der Waals surface area contributed by atoms with Gasteiger partial charge >= 0.3 is 0 Å². The summed E-state index contributed by atoms with van der Waals surface area (Å²) in [5.41, 5.74) is 0.900. The minimum atomic E-state index is -0.125. The van der Waals surface area contributed by atoms with E-state index in [0.29, 0.717) is 29.1 Å². The molecule has 0 fully saturated rings. The van der Waals surface area contributed by atoms with Crippen molar-refractivity contribution in [2.45, 2.75) is 19.9 Å². The van der Waals surface area contributed by atoms with Crippen molar-refractivity contribution in [3.8, 4) is 11.7 Å². The Morgan fingerprint density at radius 1 is 1.23 bits per heavy atom. The summed E-state index contributed by atoms with van der Waals surface area (Å²) in [5, 5.41) is 8.61. The molecule has 2 heterocycles. The molecule has 0 unspecified atom stereocenters. The van der Waals surface area contributed by atoms with E-state index in [1.165, 1.54) is 12.3 Å². The second-order valence-corrected chi connectivity index (χ2v) is 6.06. The lowest BCUT2D eigenvalue weighted by molar-refractivity contribution is -0.126. The number of aromatic nitrogens is 2. The Morgan fingerprint density at radius 2 is 2.04 bits per heavy atom. The first kappa shape index (κ1) is 17.9. The molecule has 0 saturated carbocycles. The molecule has 7 heteroatoms. The molecule has 26 heavy (non-hydrogen) atoms. The molecular formula is C19H18ClN3O3. The van der Waals surface area contributed by atoms with E-state index in [-0.39, 0.29) is 12.5 Å². The molecule has 0 radical (unpaired) electrons. The maximum atomic E-state index is 12.5. The minimum Gasteiger partial charge on any atom is -0.459 e. The van der Waals surface area contributed by atoms with Crippen LogP contribution >= 0.6 is 11.6 Å². The molecule has 1 aromatic carbocycles. The highest BCUT2D eigenvalue weighted by Crippen LogP contribution is 2.18. The summed E-state index contributed by atoms with van der Waals surface area (Å²) in [5.74, 6) is 1.03. The molecule has 3 aromatic rings. The van der Waals surface area contributed by atoms with Crippen LogP contribution in [0.3, 0.4) is 0 Å². The number of nitrogens with zero attached hydrogens (tertiary/aromatic N) is 3. The van der Waals surface area contributed by atoms with Crippen molar-refractivity contribution in [2.24, 2.45) is 0 Å². The minimum absolute atomic E-state index is 0.125. The van der Waals surface area contributed by atoms with Crippen molar-refractivity contribution >= 4 is 23.6 Å². The van der Waals surface area contributed by atoms with Crippen LogP contribution in [0.15, 0.2) is 57.6 Å². The summed E-state index contributed by atoms with van der Waals surface area (Å²) in [4.78, 5) is 14.2. The zero-order valence-electron chi connectivity index (χ0n) is 14.3. The molecular weight excluding hydrogens is 354 g/mol. The number of halogens is 1. The molecule has 3 rings (SSSR count). The maximum absolute atomic E-state index is 12.5. The largest absolute Gasteiger partial charge is 0.459 e. The normalized spacial score (nSPS) is 11.2. The highest BCUT2D eigenvalue weighted by Gasteiger charge is 2.16. The predicted molar refractivity (Wildman–Crippen MR) is 98.2 cm³/mol. The second kappa shape index (κ2) is 8.49. The van der Waals surface area contributed by atoms with Gasteiger partial charge in [0.15, 0.2) is 5.76 Å². The molecule has 0 N–H and O–H groups in total. The summed E-state index contributed by atoms with van der Waals surface area (Å²) < 4.78 is 10.8. The number of furan rings is 1. The quantitative estimate of drug-likeness (QED) is 0.574. The maximum Gasteiger partial charge on any atom is 0.283 e. The fraction of sp³-hybridized carbons (Fsp3) is 0.211. The number of hydrogen-bond acceptors (Lipinski definition) is 5. The van der Waals surface area contributed by atoms with E-state index in [9.17, 15) is 4.79 Å². The molecule has 2 aromatic heterocycles. The Bertz CT molecular complexity index is 870. The average Bonchev–Trinajstić information content (AvgIpc) is 3.32. The molecule has 0 bridgehead atoms. The van der Waals surface area contributed by atoms with Crippen molar-refractivity contribution in [2.75, 3.05) is 6.54 Å². The van der Waals surface area contributed by atoms with Crippen LogP contribution in [0, 0.1) is 0 Å². The lowest BCUT2D eigenvalue weighted by Crippen LogP contribution is -2.29. The van der Waals surface area contributed by atoms with Gasteiger partial charge in [0.1, 0.15) is 0 Å². The average molecular weight is 372 g/mol. The van der Waals surface area contributed by atoms with Crippen LogP contribution in [0.5, 0.6) is 0 Å². The van der Waals surface area contributed by atoms with Gasteiger partial charge in [0.2, 0.25) is 11.8 Å². The lowest BCUT2D eigenvalue weighted by Gasteiger charge is -2.18. The van der Waals surface area contributed by atoms with Gasteiger partial charge in [-0.05, 0) is 42.3 Å². The SMILES string of the molecule is CCCN(Cc1nnc(-c2ccco2)o1)C(=O)/C=C/c1ccc(Cl)cc1. The number of benzene rings is 1. The van der Waals surface area contributed by atoms with Crippen LogP contribution in [0.2, 0.25) is 5.02 Å². The van der Waals surface area contributed by atoms with Gasteiger partial charge < -0.3 is 13.7 Å². The molecule has 0 aliphatic heterocycles. The molecule has 0 spiro atoms. The van der Waals surface area contributed by atoms with Gasteiger partial charge in [0, 0.05) is 17.6 Å². The molecule has 0 aliphatic rings. The summed E-state index contributed by atoms with van der Waals surface area (Å²) in [6.45, 7) is 2.83. The fourth-order valence-electron chi connectivity index (χ4n) is 2.36. The summed E-state index contributed by atoms with van der Waals surface area (Å²) in [6.07, 6.45) is 5.64. The van der Waals surface area contributed by atoms with Crippen molar-refractivity contribution in [1.29, 1.82) is 0 Å². The number of amides is 1. The standard InChI is InChI=1S/C19H18ClN3O3/c1-2-11-23(18(24)10-7-14-5-8-15(20)9-6-14)13-17-21-22-19(26-17)16-4-3-12-25-16/h3-10,12H,2,11,13H2,1H3/b10-7+. The Balaban J connectivity index is 1.68. The Morgan fingerprint density at radius 3 is 2.73 bits per heavy atom. The van der Waals surface area contributed by atoms with E-state index < -0.39 is 0 Å². The van der Waals surface area contributed by atoms with E-state index in [1.807, 2.05) is 19.1 Å². The van der Waals surface area contributed by atoms with Gasteiger partial charge in [-0.3, -0.25) is 4.79 Å². The van der Waals surface area contributed by atoms with Crippen molar-refractivity contribution in [1.82, 2.24) is 15.1 Å². The first-order valence-electron chi connectivity index (χ1n) is 8.24. The summed E-state index contributed by atoms with van der Waals surface area (Å²) >= 11 is 5.87. The van der Waals surface area contributed by atoms with Gasteiger partial charge in [-0.25, -0.2) is 0 Å². The smallest absolute Gasteiger partial charge is 0.283 e. The number of hydrogen-bond donors (Lipinski definition) is 0. The third kappa shape index (κ3) is 4.61. The van der Waals surface area contributed by atoms with Crippen molar-refractivity contribution in [3.05, 3.63) is 65.2 Å². The number of rotatable bonds is 7. The Labute approximate surface area is 156 Å². The second-order valence-electron chi connectivity index (χ2n) is 5.62. The zero-order valence-corrected chi connectivity index (χ0v) is 15.0. The monoisotopic (exact) mass is 371 g/mol. The first-order valence-corrected chi connectivity index (χ1v) is 8.62. The van der Waals surface area contributed by atoms with Crippen LogP contribution in [0.1, 0.15) is 24.8 Å². The molecule has 0 atom stereocenters. The summed E-state index contributed by atoms with van der Waals surface area (Å²) in [7, 11) is 0. The molecule has 134 valence electrons. The van der Waals surface area contributed by atoms with E-state index in [2.05, 4.69) is 10.2 Å². The first-order chi connectivity index (χ1) is 12.7. The predicted octanol–water partition coefficient (Wildman–Crippen LogP) is 4.44. The third-order valence-corrected chi connectivity index (χ3v) is 3.87. The third-order valence-electron chi connectivity index (χ3n) is 3.62. The number of carbonyl (C=O) groups is 1. The van der Waals surface area contributed by atoms with Gasteiger partial charge in [-0.1, -0.05) is 30.7 Å². The Hall–Kier alpha value is -2.86. The van der Waals surface area contributed by atoms with Crippen molar-refractivity contribution < 1.29 is 13.6 Å². The van der Waals surface area contributed by atoms with Crippen molar-refractivity contribution in [3.63, 3.8) is 0 Å². The lowest BCUT2D eigenvalue weighted by atomic mass is 10.2. The van der Waals surface area contributed by atoms with Crippen LogP contribution in [-0.2, 0) is 11.3 Å². The van der Waals surface area contributed by atoms with Gasteiger partial charge in [-0.2, -0.15) is 0 Å². The van der Waals surface area contributed by atoms with Crippen LogP contribution in [0.25, 0.3) is 17.7 Å². The van der Waals surface area contributed by atoms with E-state index >= 15 is 0 Å². The molecule has 6 nitrogen and oxygen atoms in total. The van der Waals surface area contributed by atoms with Crippen LogP contribution in [0.4, 0.5) is 0 Å².